The molecule has 202 valence electrons. The van der Waals surface area contributed by atoms with Crippen LogP contribution in [0.5, 0.6) is 0 Å². The summed E-state index contributed by atoms with van der Waals surface area (Å²) in [5, 5.41) is 15.3. The smallest absolute Gasteiger partial charge is 0.306 e. The zero-order chi connectivity index (χ0) is 27.6. The number of benzene rings is 2. The number of amides is 2. The van der Waals surface area contributed by atoms with Gasteiger partial charge in [-0.25, -0.2) is 4.39 Å². The van der Waals surface area contributed by atoms with Gasteiger partial charge >= 0.3 is 5.97 Å². The summed E-state index contributed by atoms with van der Waals surface area (Å²) in [6.07, 6.45) is 3.34. The highest BCUT2D eigenvalue weighted by molar-refractivity contribution is 5.89. The predicted molar refractivity (Wildman–Crippen MR) is 144 cm³/mol. The van der Waals surface area contributed by atoms with Gasteiger partial charge in [0.25, 0.3) is 0 Å². The van der Waals surface area contributed by atoms with E-state index in [-0.39, 0.29) is 24.1 Å². The number of carbonyl (C=O) groups excluding carboxylic acids is 2. The minimum atomic E-state index is -0.904. The van der Waals surface area contributed by atoms with E-state index >= 15 is 0 Å². The molecule has 6 nitrogen and oxygen atoms in total. The number of nitrogens with one attached hydrogen (secondary N) is 2. The SMILES string of the molecule is CCCC[C@@H](C[C@@H](CCc1ccc(-c2ccccc2F)cc1)C(=O)N[C@H](C(=O)NC)C(C)(C)C)C(=O)O. The van der Waals surface area contributed by atoms with Crippen LogP contribution in [0.3, 0.4) is 0 Å². The van der Waals surface area contributed by atoms with Crippen molar-refractivity contribution in [2.24, 2.45) is 17.3 Å². The standard InChI is InChI=1S/C30H41FN2O4/c1-6-7-10-23(29(36)37)19-22(27(34)33-26(28(35)32-5)30(2,3)4)18-15-20-13-16-21(17-14-20)24-11-8-9-12-25(24)31/h8-9,11-14,16-17,22-23,26H,6-7,10,15,18-19H2,1-5H3,(H,32,35)(H,33,34)(H,36,37)/t22-,23+,26-/m1/s1. The van der Waals surface area contributed by atoms with Crippen molar-refractivity contribution in [2.75, 3.05) is 7.05 Å². The maximum atomic E-state index is 14.1. The third-order valence-corrected chi connectivity index (χ3v) is 6.78. The average molecular weight is 513 g/mol. The predicted octanol–water partition coefficient (Wildman–Crippen LogP) is 5.60. The summed E-state index contributed by atoms with van der Waals surface area (Å²) in [6, 6.07) is 13.4. The van der Waals surface area contributed by atoms with Crippen LogP contribution in [-0.4, -0.2) is 36.0 Å². The van der Waals surface area contributed by atoms with Crippen molar-refractivity contribution in [3.05, 3.63) is 59.9 Å². The first-order chi connectivity index (χ1) is 17.5. The number of likely N-dealkylation sites (N-methyl/N-ethyl adjacent to an activating group) is 1. The number of aryl methyl sites for hydroxylation is 1. The van der Waals surface area contributed by atoms with Crippen LogP contribution in [0.25, 0.3) is 11.1 Å². The molecule has 2 rings (SSSR count). The summed E-state index contributed by atoms with van der Waals surface area (Å²) in [5.74, 6) is -2.99. The van der Waals surface area contributed by atoms with Gasteiger partial charge in [-0.05, 0) is 48.3 Å². The Morgan fingerprint density at radius 1 is 0.946 bits per heavy atom. The lowest BCUT2D eigenvalue weighted by atomic mass is 9.83. The average Bonchev–Trinajstić information content (AvgIpc) is 2.86. The van der Waals surface area contributed by atoms with Gasteiger partial charge < -0.3 is 15.7 Å². The number of unbranched alkanes of at least 4 members (excludes halogenated alkanes) is 1. The normalized spacial score (nSPS) is 13.9. The van der Waals surface area contributed by atoms with Gasteiger partial charge in [0.15, 0.2) is 0 Å². The fourth-order valence-electron chi connectivity index (χ4n) is 4.46. The van der Waals surface area contributed by atoms with Gasteiger partial charge in [0, 0.05) is 18.5 Å². The maximum absolute atomic E-state index is 14.1. The molecular formula is C30H41FN2O4. The molecule has 0 aromatic heterocycles. The Morgan fingerprint density at radius 3 is 2.14 bits per heavy atom. The van der Waals surface area contributed by atoms with Crippen molar-refractivity contribution >= 4 is 17.8 Å². The molecule has 0 fully saturated rings. The molecule has 7 heteroatoms. The quantitative estimate of drug-likeness (QED) is 0.326. The second kappa shape index (κ2) is 13.9. The third-order valence-electron chi connectivity index (χ3n) is 6.78. The molecule has 0 bridgehead atoms. The molecule has 0 saturated heterocycles. The van der Waals surface area contributed by atoms with Crippen molar-refractivity contribution in [1.29, 1.82) is 0 Å². The molecule has 0 aliphatic heterocycles. The molecule has 2 aromatic carbocycles. The highest BCUT2D eigenvalue weighted by Crippen LogP contribution is 2.27. The zero-order valence-electron chi connectivity index (χ0n) is 22.6. The van der Waals surface area contributed by atoms with Crippen molar-refractivity contribution in [3.8, 4) is 11.1 Å². The Kier molecular flexibility index (Phi) is 11.3. The molecule has 0 spiro atoms. The van der Waals surface area contributed by atoms with Crippen molar-refractivity contribution in [3.63, 3.8) is 0 Å². The second-order valence-electron chi connectivity index (χ2n) is 10.7. The molecule has 0 aliphatic rings. The second-order valence-corrected chi connectivity index (χ2v) is 10.7. The summed E-state index contributed by atoms with van der Waals surface area (Å²) in [6.45, 7) is 7.63. The van der Waals surface area contributed by atoms with Gasteiger partial charge in [-0.15, -0.1) is 0 Å². The van der Waals surface area contributed by atoms with Crippen molar-refractivity contribution in [2.45, 2.75) is 72.3 Å². The first kappa shape index (κ1) is 30.0. The van der Waals surface area contributed by atoms with E-state index in [0.717, 1.165) is 24.0 Å². The number of carboxylic acids is 1. The Balaban J connectivity index is 2.22. The molecule has 3 N–H and O–H groups in total. The third kappa shape index (κ3) is 8.99. The monoisotopic (exact) mass is 512 g/mol. The summed E-state index contributed by atoms with van der Waals surface area (Å²) in [7, 11) is 1.53. The first-order valence-electron chi connectivity index (χ1n) is 13.1. The Morgan fingerprint density at radius 2 is 1.59 bits per heavy atom. The Hall–Kier alpha value is -3.22. The molecule has 2 aromatic rings. The topological polar surface area (TPSA) is 95.5 Å². The van der Waals surface area contributed by atoms with E-state index in [0.29, 0.717) is 24.8 Å². The molecule has 37 heavy (non-hydrogen) atoms. The van der Waals surface area contributed by atoms with E-state index in [1.807, 2.05) is 52.0 Å². The highest BCUT2D eigenvalue weighted by atomic mass is 19.1. The summed E-state index contributed by atoms with van der Waals surface area (Å²) in [5.41, 5.74) is 1.74. The van der Waals surface area contributed by atoms with E-state index in [1.165, 1.54) is 13.1 Å². The maximum Gasteiger partial charge on any atom is 0.306 e. The summed E-state index contributed by atoms with van der Waals surface area (Å²) in [4.78, 5) is 37.9. The van der Waals surface area contributed by atoms with E-state index in [4.69, 9.17) is 0 Å². The number of carbonyl (C=O) groups is 3. The van der Waals surface area contributed by atoms with Crippen LogP contribution in [0.15, 0.2) is 48.5 Å². The van der Waals surface area contributed by atoms with Crippen molar-refractivity contribution in [1.82, 2.24) is 10.6 Å². The fourth-order valence-corrected chi connectivity index (χ4v) is 4.46. The highest BCUT2D eigenvalue weighted by Gasteiger charge is 2.35. The molecule has 0 aliphatic carbocycles. The minimum absolute atomic E-state index is 0.207. The van der Waals surface area contributed by atoms with Crippen LogP contribution in [0, 0.1) is 23.1 Å². The number of rotatable bonds is 13. The van der Waals surface area contributed by atoms with Gasteiger partial charge in [0.1, 0.15) is 11.9 Å². The van der Waals surface area contributed by atoms with E-state index in [9.17, 15) is 23.9 Å². The number of halogens is 1. The molecule has 2 amide bonds. The van der Waals surface area contributed by atoms with Gasteiger partial charge in [-0.1, -0.05) is 83.0 Å². The van der Waals surface area contributed by atoms with Crippen molar-refractivity contribution < 1.29 is 23.9 Å². The molecule has 0 radical (unpaired) electrons. The molecule has 0 saturated carbocycles. The summed E-state index contributed by atoms with van der Waals surface area (Å²) < 4.78 is 14.1. The van der Waals surface area contributed by atoms with Gasteiger partial charge in [-0.3, -0.25) is 14.4 Å². The molecule has 0 heterocycles. The fraction of sp³-hybridized carbons (Fsp3) is 0.500. The number of carboxylic acid groups (broad SMARTS) is 1. The van der Waals surface area contributed by atoms with Crippen LogP contribution >= 0.6 is 0 Å². The Labute approximate surface area is 220 Å². The lowest BCUT2D eigenvalue weighted by Crippen LogP contribution is -2.54. The van der Waals surface area contributed by atoms with E-state index in [2.05, 4.69) is 10.6 Å². The van der Waals surface area contributed by atoms with Crippen LogP contribution in [0.2, 0.25) is 0 Å². The summed E-state index contributed by atoms with van der Waals surface area (Å²) >= 11 is 0. The first-order valence-corrected chi connectivity index (χ1v) is 13.1. The van der Waals surface area contributed by atoms with Crippen LogP contribution in [-0.2, 0) is 20.8 Å². The van der Waals surface area contributed by atoms with Gasteiger partial charge in [-0.2, -0.15) is 0 Å². The van der Waals surface area contributed by atoms with E-state index in [1.54, 1.807) is 18.2 Å². The molecular weight excluding hydrogens is 471 g/mol. The minimum Gasteiger partial charge on any atom is -0.481 e. The van der Waals surface area contributed by atoms with Crippen LogP contribution in [0.1, 0.15) is 65.4 Å². The largest absolute Gasteiger partial charge is 0.481 e. The van der Waals surface area contributed by atoms with Gasteiger partial charge in [0.2, 0.25) is 11.8 Å². The van der Waals surface area contributed by atoms with Crippen LogP contribution in [0.4, 0.5) is 4.39 Å². The molecule has 3 atom stereocenters. The van der Waals surface area contributed by atoms with Gasteiger partial charge in [0.05, 0.1) is 5.92 Å². The number of hydrogen-bond donors (Lipinski definition) is 3. The Bertz CT molecular complexity index is 1050. The van der Waals surface area contributed by atoms with Crippen LogP contribution < -0.4 is 10.6 Å². The zero-order valence-corrected chi connectivity index (χ0v) is 22.6. The number of aliphatic carboxylic acids is 1. The lowest BCUT2D eigenvalue weighted by Gasteiger charge is -2.31. The molecule has 0 unspecified atom stereocenters. The lowest BCUT2D eigenvalue weighted by molar-refractivity contribution is -0.143. The van der Waals surface area contributed by atoms with E-state index < -0.39 is 29.3 Å². The number of hydrogen-bond acceptors (Lipinski definition) is 3.